The molecule has 0 saturated carbocycles. The van der Waals surface area contributed by atoms with Crippen molar-refractivity contribution in [3.8, 4) is 0 Å². The minimum atomic E-state index is -4.38. The highest BCUT2D eigenvalue weighted by Gasteiger charge is 2.25. The van der Waals surface area contributed by atoms with Crippen LogP contribution < -0.4 is 5.73 Å². The number of ether oxygens (including phenoxy) is 2. The van der Waals surface area contributed by atoms with Crippen LogP contribution in [0.15, 0.2) is 48.6 Å². The van der Waals surface area contributed by atoms with E-state index in [9.17, 15) is 19.0 Å². The molecule has 0 aromatic heterocycles. The highest BCUT2D eigenvalue weighted by Crippen LogP contribution is 2.43. The molecule has 0 fully saturated rings. The standard InChI is InChI=1S/C39H70NO8P/c1-3-5-7-9-11-13-15-16-17-18-19-20-22-23-25-27-29-31-38(41)45-35-37(36-47-49(43,44)46-34-33-40)48-39(42)32-30-28-26-24-21-14-12-10-8-6-4-2/h11,13,16-17,19-20,23,25,37H,3-10,12,14-15,18,21-22,24,26-36,40H2,1-2H3,(H,43,44)/t37-/m1/s1. The van der Waals surface area contributed by atoms with Crippen molar-refractivity contribution < 1.29 is 37.6 Å². The lowest BCUT2D eigenvalue weighted by molar-refractivity contribution is -0.161. The maximum atomic E-state index is 12.5. The van der Waals surface area contributed by atoms with Crippen LogP contribution in [0.1, 0.15) is 155 Å². The molecular formula is C39H70NO8P. The number of hydrogen-bond donors (Lipinski definition) is 2. The summed E-state index contributed by atoms with van der Waals surface area (Å²) in [4.78, 5) is 34.6. The van der Waals surface area contributed by atoms with E-state index in [4.69, 9.17) is 24.3 Å². The van der Waals surface area contributed by atoms with Gasteiger partial charge in [-0.15, -0.1) is 0 Å². The topological polar surface area (TPSA) is 134 Å². The van der Waals surface area contributed by atoms with Gasteiger partial charge in [-0.25, -0.2) is 4.57 Å². The van der Waals surface area contributed by atoms with Crippen LogP contribution in [0.5, 0.6) is 0 Å². The predicted octanol–water partition coefficient (Wildman–Crippen LogP) is 10.4. The van der Waals surface area contributed by atoms with Crippen molar-refractivity contribution in [1.82, 2.24) is 0 Å². The number of unbranched alkanes of at least 4 members (excludes halogenated alkanes) is 14. The number of hydrogen-bond acceptors (Lipinski definition) is 8. The van der Waals surface area contributed by atoms with Crippen LogP contribution in [0.4, 0.5) is 0 Å². The van der Waals surface area contributed by atoms with Crippen molar-refractivity contribution in [3.63, 3.8) is 0 Å². The molecule has 0 aliphatic carbocycles. The minimum absolute atomic E-state index is 0.0456. The molecule has 0 bridgehead atoms. The van der Waals surface area contributed by atoms with Crippen molar-refractivity contribution in [3.05, 3.63) is 48.6 Å². The Kier molecular flexibility index (Phi) is 34.3. The van der Waals surface area contributed by atoms with Gasteiger partial charge in [-0.05, 0) is 51.4 Å². The Morgan fingerprint density at radius 1 is 0.612 bits per heavy atom. The molecule has 2 atom stereocenters. The Balaban J connectivity index is 4.32. The zero-order valence-corrected chi connectivity index (χ0v) is 31.8. The van der Waals surface area contributed by atoms with Gasteiger partial charge >= 0.3 is 19.8 Å². The molecule has 0 amide bonds. The first-order valence-corrected chi connectivity index (χ1v) is 20.6. The lowest BCUT2D eigenvalue weighted by Crippen LogP contribution is -2.29. The molecule has 284 valence electrons. The fraction of sp³-hybridized carbons (Fsp3) is 0.744. The van der Waals surface area contributed by atoms with Crippen LogP contribution in [-0.4, -0.2) is 49.3 Å². The second-order valence-electron chi connectivity index (χ2n) is 12.4. The van der Waals surface area contributed by atoms with Crippen molar-refractivity contribution >= 4 is 19.8 Å². The summed E-state index contributed by atoms with van der Waals surface area (Å²) in [5.74, 6) is -0.898. The van der Waals surface area contributed by atoms with Gasteiger partial charge in [-0.1, -0.05) is 140 Å². The summed E-state index contributed by atoms with van der Waals surface area (Å²) in [5, 5.41) is 0. The first-order chi connectivity index (χ1) is 23.8. The van der Waals surface area contributed by atoms with Gasteiger partial charge in [0.25, 0.3) is 0 Å². The van der Waals surface area contributed by atoms with Crippen molar-refractivity contribution in [1.29, 1.82) is 0 Å². The molecule has 0 aromatic carbocycles. The molecule has 0 aliphatic heterocycles. The van der Waals surface area contributed by atoms with Gasteiger partial charge in [-0.3, -0.25) is 18.6 Å². The fourth-order valence-electron chi connectivity index (χ4n) is 4.86. The fourth-order valence-corrected chi connectivity index (χ4v) is 5.63. The van der Waals surface area contributed by atoms with E-state index in [-0.39, 0.29) is 32.6 Å². The normalized spacial score (nSPS) is 14.0. The smallest absolute Gasteiger partial charge is 0.462 e. The summed E-state index contributed by atoms with van der Waals surface area (Å²) in [6.07, 6.45) is 38.6. The van der Waals surface area contributed by atoms with E-state index in [1.165, 1.54) is 70.6 Å². The van der Waals surface area contributed by atoms with Crippen molar-refractivity contribution in [2.24, 2.45) is 5.73 Å². The third-order valence-electron chi connectivity index (χ3n) is 7.72. The van der Waals surface area contributed by atoms with E-state index < -0.39 is 32.5 Å². The summed E-state index contributed by atoms with van der Waals surface area (Å²) in [6, 6.07) is 0. The Hall–Kier alpha value is -2.03. The molecule has 0 aromatic rings. The predicted molar refractivity (Wildman–Crippen MR) is 201 cm³/mol. The molecule has 0 rings (SSSR count). The monoisotopic (exact) mass is 711 g/mol. The highest BCUT2D eigenvalue weighted by molar-refractivity contribution is 7.47. The Morgan fingerprint density at radius 3 is 1.63 bits per heavy atom. The molecule has 9 nitrogen and oxygen atoms in total. The van der Waals surface area contributed by atoms with Gasteiger partial charge in [0.2, 0.25) is 0 Å². The SMILES string of the molecule is CCCCCC=CCC=CCC=CCC=CCCCC(=O)OC[C@H](COP(=O)(O)OCCN)OC(=O)CCCCCCCCCCCCC. The summed E-state index contributed by atoms with van der Waals surface area (Å²) >= 11 is 0. The average molecular weight is 712 g/mol. The number of allylic oxidation sites excluding steroid dienone is 8. The quantitative estimate of drug-likeness (QED) is 0.0285. The number of carbonyl (C=O) groups excluding carboxylic acids is 2. The number of phosphoric ester groups is 1. The number of nitrogens with two attached hydrogens (primary N) is 1. The van der Waals surface area contributed by atoms with Crippen LogP contribution in [0.25, 0.3) is 0 Å². The second kappa shape index (κ2) is 35.8. The third-order valence-corrected chi connectivity index (χ3v) is 8.70. The summed E-state index contributed by atoms with van der Waals surface area (Å²) < 4.78 is 32.6. The third kappa shape index (κ3) is 35.6. The zero-order valence-electron chi connectivity index (χ0n) is 30.9. The van der Waals surface area contributed by atoms with E-state index in [0.717, 1.165) is 44.9 Å². The van der Waals surface area contributed by atoms with Crippen LogP contribution in [-0.2, 0) is 32.7 Å². The molecular weight excluding hydrogens is 641 g/mol. The Labute approximate surface area is 298 Å². The maximum Gasteiger partial charge on any atom is 0.472 e. The first kappa shape index (κ1) is 47.0. The minimum Gasteiger partial charge on any atom is -0.462 e. The first-order valence-electron chi connectivity index (χ1n) is 19.1. The van der Waals surface area contributed by atoms with Gasteiger partial charge in [-0.2, -0.15) is 0 Å². The van der Waals surface area contributed by atoms with E-state index in [1.54, 1.807) is 0 Å². The molecule has 3 N–H and O–H groups in total. The summed E-state index contributed by atoms with van der Waals surface area (Å²) in [5.41, 5.74) is 5.32. The van der Waals surface area contributed by atoms with Gasteiger partial charge in [0.05, 0.1) is 13.2 Å². The number of rotatable bonds is 35. The molecule has 0 aliphatic rings. The van der Waals surface area contributed by atoms with Gasteiger partial charge in [0, 0.05) is 19.4 Å². The highest BCUT2D eigenvalue weighted by atomic mass is 31.2. The molecule has 10 heteroatoms. The summed E-state index contributed by atoms with van der Waals surface area (Å²) in [6.45, 7) is 3.61. The largest absolute Gasteiger partial charge is 0.472 e. The van der Waals surface area contributed by atoms with Crippen LogP contribution >= 0.6 is 7.82 Å². The molecule has 0 radical (unpaired) electrons. The van der Waals surface area contributed by atoms with E-state index in [0.29, 0.717) is 12.8 Å². The Morgan fingerprint density at radius 2 is 1.08 bits per heavy atom. The molecule has 0 heterocycles. The number of carbonyl (C=O) groups is 2. The second-order valence-corrected chi connectivity index (χ2v) is 13.9. The van der Waals surface area contributed by atoms with E-state index >= 15 is 0 Å². The molecule has 49 heavy (non-hydrogen) atoms. The van der Waals surface area contributed by atoms with Crippen molar-refractivity contribution in [2.45, 2.75) is 161 Å². The number of phosphoric acid groups is 1. The molecule has 1 unspecified atom stereocenters. The zero-order chi connectivity index (χ0) is 36.1. The van der Waals surface area contributed by atoms with Gasteiger partial charge in [0.15, 0.2) is 6.10 Å². The van der Waals surface area contributed by atoms with E-state index in [2.05, 4.69) is 56.4 Å². The Bertz CT molecular complexity index is 949. The lowest BCUT2D eigenvalue weighted by Gasteiger charge is -2.19. The average Bonchev–Trinajstić information content (AvgIpc) is 3.08. The van der Waals surface area contributed by atoms with Crippen LogP contribution in [0.3, 0.4) is 0 Å². The summed E-state index contributed by atoms with van der Waals surface area (Å²) in [7, 11) is -4.38. The molecule has 0 spiro atoms. The van der Waals surface area contributed by atoms with Crippen LogP contribution in [0.2, 0.25) is 0 Å². The van der Waals surface area contributed by atoms with Crippen LogP contribution in [0, 0.1) is 0 Å². The lowest BCUT2D eigenvalue weighted by atomic mass is 10.1. The maximum absolute atomic E-state index is 12.5. The van der Waals surface area contributed by atoms with E-state index in [1.807, 2.05) is 6.08 Å². The van der Waals surface area contributed by atoms with Gasteiger partial charge < -0.3 is 20.1 Å². The molecule has 0 saturated heterocycles. The van der Waals surface area contributed by atoms with Crippen molar-refractivity contribution in [2.75, 3.05) is 26.4 Å². The van der Waals surface area contributed by atoms with Gasteiger partial charge in [0.1, 0.15) is 6.61 Å². The number of esters is 2.